The Balaban J connectivity index is 1.30. The lowest BCUT2D eigenvalue weighted by atomic mass is 10.0. The van der Waals surface area contributed by atoms with Gasteiger partial charge in [-0.3, -0.25) is 9.78 Å². The number of hydrogen-bond acceptors (Lipinski definition) is 4. The number of likely N-dealkylation sites (tertiary alicyclic amines) is 1. The molecule has 1 unspecified atom stereocenters. The standard InChI is InChI=1S/C35H41F3N4O/c1-25(2)16-19-41-23-28-20-33(21-29(28)24-41)42(34(43)13-8-26-4-9-30(10-5-26)35(36,37)38)22-27-6-11-31(12-7-27)40(3)32-14-17-39-18-15-32/h4-15,17-18,25,28-29,33H,16,19-24H2,1-3H3/t28-,29+,33?. The van der Waals surface area contributed by atoms with Gasteiger partial charge in [0.2, 0.25) is 5.91 Å². The number of aromatic nitrogens is 1. The first-order chi connectivity index (χ1) is 20.6. The van der Waals surface area contributed by atoms with Gasteiger partial charge in [0.15, 0.2) is 0 Å². The molecule has 2 aromatic carbocycles. The van der Waals surface area contributed by atoms with Crippen LogP contribution in [0.5, 0.6) is 0 Å². The highest BCUT2D eigenvalue weighted by molar-refractivity contribution is 5.92. The molecule has 1 saturated heterocycles. The SMILES string of the molecule is CC(C)CCN1C[C@H]2CC(N(Cc3ccc(N(C)c4ccncc4)cc3)C(=O)C=Cc3ccc(C(F)(F)F)cc3)C[C@H]2C1. The second-order valence-electron chi connectivity index (χ2n) is 12.4. The molecule has 2 heterocycles. The number of rotatable bonds is 10. The van der Waals surface area contributed by atoms with Gasteiger partial charge < -0.3 is 14.7 Å². The van der Waals surface area contributed by atoms with E-state index in [1.54, 1.807) is 18.5 Å². The molecule has 228 valence electrons. The Morgan fingerprint density at radius 3 is 2.14 bits per heavy atom. The summed E-state index contributed by atoms with van der Waals surface area (Å²) in [6.45, 7) is 8.32. The van der Waals surface area contributed by atoms with E-state index in [2.05, 4.69) is 52.9 Å². The fourth-order valence-electron chi connectivity index (χ4n) is 6.41. The molecule has 0 bridgehead atoms. The quantitative estimate of drug-likeness (QED) is 0.227. The van der Waals surface area contributed by atoms with Crippen LogP contribution in [0.2, 0.25) is 0 Å². The molecule has 0 radical (unpaired) electrons. The van der Waals surface area contributed by atoms with Gasteiger partial charge in [0.25, 0.3) is 0 Å². The maximum Gasteiger partial charge on any atom is 0.416 e. The molecule has 0 N–H and O–H groups in total. The zero-order valence-corrected chi connectivity index (χ0v) is 25.2. The minimum Gasteiger partial charge on any atom is -0.345 e. The zero-order chi connectivity index (χ0) is 30.6. The maximum atomic E-state index is 13.7. The number of anilines is 2. The highest BCUT2D eigenvalue weighted by atomic mass is 19.4. The summed E-state index contributed by atoms with van der Waals surface area (Å²) in [7, 11) is 2.01. The number of pyridine rings is 1. The van der Waals surface area contributed by atoms with Crippen molar-refractivity contribution in [1.82, 2.24) is 14.8 Å². The number of halogens is 3. The Morgan fingerprint density at radius 1 is 0.953 bits per heavy atom. The molecule has 2 aliphatic rings. The van der Waals surface area contributed by atoms with Crippen LogP contribution in [0.15, 0.2) is 79.1 Å². The van der Waals surface area contributed by atoms with Crippen molar-refractivity contribution in [3.63, 3.8) is 0 Å². The zero-order valence-electron chi connectivity index (χ0n) is 25.2. The molecular weight excluding hydrogens is 549 g/mol. The third-order valence-electron chi connectivity index (χ3n) is 8.93. The van der Waals surface area contributed by atoms with Gasteiger partial charge in [0.05, 0.1) is 5.56 Å². The van der Waals surface area contributed by atoms with Crippen molar-refractivity contribution in [1.29, 1.82) is 0 Å². The third kappa shape index (κ3) is 7.85. The number of fused-ring (bicyclic) bond motifs is 1. The molecule has 1 amide bonds. The molecular formula is C35H41F3N4O. The molecule has 2 fully saturated rings. The van der Waals surface area contributed by atoms with Crippen molar-refractivity contribution in [2.24, 2.45) is 17.8 Å². The lowest BCUT2D eigenvalue weighted by Crippen LogP contribution is -2.38. The van der Waals surface area contributed by atoms with Crippen LogP contribution >= 0.6 is 0 Å². The van der Waals surface area contributed by atoms with Crippen LogP contribution in [0, 0.1) is 17.8 Å². The minimum atomic E-state index is -4.39. The number of benzene rings is 2. The Morgan fingerprint density at radius 2 is 1.56 bits per heavy atom. The summed E-state index contributed by atoms with van der Waals surface area (Å²) in [5, 5.41) is 0. The van der Waals surface area contributed by atoms with Crippen LogP contribution in [-0.4, -0.2) is 53.4 Å². The number of hydrogen-bond donors (Lipinski definition) is 0. The van der Waals surface area contributed by atoms with Crippen molar-refractivity contribution >= 4 is 23.4 Å². The monoisotopic (exact) mass is 590 g/mol. The average Bonchev–Trinajstić information content (AvgIpc) is 3.57. The Hall–Kier alpha value is -3.65. The summed E-state index contributed by atoms with van der Waals surface area (Å²) in [6, 6.07) is 17.2. The van der Waals surface area contributed by atoms with Gasteiger partial charge in [-0.05, 0) is 97.2 Å². The van der Waals surface area contributed by atoms with Gasteiger partial charge >= 0.3 is 6.18 Å². The summed E-state index contributed by atoms with van der Waals surface area (Å²) < 4.78 is 39.0. The first-order valence-corrected chi connectivity index (χ1v) is 15.2. The second-order valence-corrected chi connectivity index (χ2v) is 12.4. The number of carbonyl (C=O) groups excluding carboxylic acids is 1. The average molecular weight is 591 g/mol. The van der Waals surface area contributed by atoms with Crippen LogP contribution < -0.4 is 4.90 Å². The fourth-order valence-corrected chi connectivity index (χ4v) is 6.41. The molecule has 1 aliphatic carbocycles. The van der Waals surface area contributed by atoms with Gasteiger partial charge in [0, 0.05) is 62.6 Å². The van der Waals surface area contributed by atoms with E-state index >= 15 is 0 Å². The van der Waals surface area contributed by atoms with E-state index in [1.807, 2.05) is 24.1 Å². The van der Waals surface area contributed by atoms with Crippen LogP contribution in [-0.2, 0) is 17.5 Å². The lowest BCUT2D eigenvalue weighted by molar-refractivity contribution is -0.137. The molecule has 3 aromatic rings. The number of carbonyl (C=O) groups is 1. The van der Waals surface area contributed by atoms with Crippen LogP contribution in [0.25, 0.3) is 6.08 Å². The smallest absolute Gasteiger partial charge is 0.345 e. The van der Waals surface area contributed by atoms with Crippen molar-refractivity contribution in [2.45, 2.75) is 51.9 Å². The molecule has 43 heavy (non-hydrogen) atoms. The summed E-state index contributed by atoms with van der Waals surface area (Å²) in [4.78, 5) is 24.4. The molecule has 8 heteroatoms. The number of amides is 1. The van der Waals surface area contributed by atoms with Crippen LogP contribution in [0.3, 0.4) is 0 Å². The van der Waals surface area contributed by atoms with Crippen molar-refractivity contribution in [3.8, 4) is 0 Å². The van der Waals surface area contributed by atoms with Gasteiger partial charge in [-0.25, -0.2) is 0 Å². The van der Waals surface area contributed by atoms with E-state index in [1.165, 1.54) is 24.6 Å². The summed E-state index contributed by atoms with van der Waals surface area (Å²) in [5.74, 6) is 1.75. The Labute approximate surface area is 253 Å². The predicted octanol–water partition coefficient (Wildman–Crippen LogP) is 7.67. The van der Waals surface area contributed by atoms with Gasteiger partial charge in [-0.1, -0.05) is 38.1 Å². The lowest BCUT2D eigenvalue weighted by Gasteiger charge is -2.30. The van der Waals surface area contributed by atoms with E-state index in [0.29, 0.717) is 29.9 Å². The van der Waals surface area contributed by atoms with Gasteiger partial charge in [0.1, 0.15) is 0 Å². The second kappa shape index (κ2) is 13.3. The van der Waals surface area contributed by atoms with Gasteiger partial charge in [-0.15, -0.1) is 0 Å². The van der Waals surface area contributed by atoms with E-state index in [9.17, 15) is 18.0 Å². The minimum absolute atomic E-state index is 0.112. The fraction of sp³-hybridized carbons (Fsp3) is 0.429. The first kappa shape index (κ1) is 30.8. The molecule has 1 aliphatic heterocycles. The highest BCUT2D eigenvalue weighted by Crippen LogP contribution is 2.41. The first-order valence-electron chi connectivity index (χ1n) is 15.2. The summed E-state index contributed by atoms with van der Waals surface area (Å²) in [5.41, 5.74) is 2.98. The molecule has 3 atom stereocenters. The van der Waals surface area contributed by atoms with Gasteiger partial charge in [-0.2, -0.15) is 13.2 Å². The van der Waals surface area contributed by atoms with E-state index in [4.69, 9.17) is 0 Å². The topological polar surface area (TPSA) is 39.7 Å². The molecule has 1 saturated carbocycles. The molecule has 5 nitrogen and oxygen atoms in total. The predicted molar refractivity (Wildman–Crippen MR) is 166 cm³/mol. The molecule has 1 aromatic heterocycles. The third-order valence-corrected chi connectivity index (χ3v) is 8.93. The normalized spacial score (nSPS) is 20.6. The van der Waals surface area contributed by atoms with Crippen molar-refractivity contribution < 1.29 is 18.0 Å². The number of nitrogens with zero attached hydrogens (tertiary/aromatic N) is 4. The number of alkyl halides is 3. The van der Waals surface area contributed by atoms with E-state index < -0.39 is 11.7 Å². The highest BCUT2D eigenvalue weighted by Gasteiger charge is 2.43. The largest absolute Gasteiger partial charge is 0.416 e. The van der Waals surface area contributed by atoms with E-state index in [-0.39, 0.29) is 11.9 Å². The van der Waals surface area contributed by atoms with Crippen LogP contribution in [0.1, 0.15) is 49.8 Å². The molecule has 0 spiro atoms. The Kier molecular flexibility index (Phi) is 9.55. The summed E-state index contributed by atoms with van der Waals surface area (Å²) in [6.07, 6.45) is 5.43. The van der Waals surface area contributed by atoms with Crippen molar-refractivity contribution in [3.05, 3.63) is 95.8 Å². The maximum absolute atomic E-state index is 13.7. The van der Waals surface area contributed by atoms with Crippen molar-refractivity contribution in [2.75, 3.05) is 31.6 Å². The van der Waals surface area contributed by atoms with E-state index in [0.717, 1.165) is 61.5 Å². The summed E-state index contributed by atoms with van der Waals surface area (Å²) >= 11 is 0. The van der Waals surface area contributed by atoms with Crippen LogP contribution in [0.4, 0.5) is 24.5 Å². The molecule has 5 rings (SSSR count). The Bertz CT molecular complexity index is 1360.